The number of H-pyrrole nitrogens is 1. The summed E-state index contributed by atoms with van der Waals surface area (Å²) in [7, 11) is 3.31. The summed E-state index contributed by atoms with van der Waals surface area (Å²) in [5.41, 5.74) is 3.94. The second kappa shape index (κ2) is 11.2. The standard InChI is InChI=1S/C27H32BrN3O3/c1-30-25(23(28)26(32)29-30)24(21-9-4-3-5-10-21)31-17-15-20(16-18-31)8-6-7-19-11-13-22(14-12-19)27(33)34-2/h3-5,9-14,20,24H,6-8,15-18H2,1-2H3,(H,29,32). The average molecular weight is 526 g/mol. The number of carbonyl (C=O) groups is 1. The molecule has 0 amide bonds. The van der Waals surface area contributed by atoms with Crippen LogP contribution in [0.4, 0.5) is 0 Å². The van der Waals surface area contributed by atoms with Crippen LogP contribution in [0, 0.1) is 5.92 Å². The second-order valence-electron chi connectivity index (χ2n) is 9.07. The number of aryl methyl sites for hydroxylation is 2. The van der Waals surface area contributed by atoms with Crippen LogP contribution in [-0.2, 0) is 18.2 Å². The Hall–Kier alpha value is -2.64. The van der Waals surface area contributed by atoms with Crippen molar-refractivity contribution in [3.05, 3.63) is 91.8 Å². The number of benzene rings is 2. The third-order valence-corrected chi connectivity index (χ3v) is 7.66. The lowest BCUT2D eigenvalue weighted by Crippen LogP contribution is -2.38. The van der Waals surface area contributed by atoms with E-state index >= 15 is 0 Å². The molecule has 1 aromatic heterocycles. The van der Waals surface area contributed by atoms with E-state index in [1.807, 2.05) is 42.1 Å². The monoisotopic (exact) mass is 525 g/mol. The third-order valence-electron chi connectivity index (χ3n) is 6.90. The van der Waals surface area contributed by atoms with Crippen LogP contribution in [0.3, 0.4) is 0 Å². The number of halogens is 1. The third kappa shape index (κ3) is 5.53. The average Bonchev–Trinajstić information content (AvgIpc) is 3.12. The molecule has 6 nitrogen and oxygen atoms in total. The van der Waals surface area contributed by atoms with Gasteiger partial charge in [0.15, 0.2) is 0 Å². The topological polar surface area (TPSA) is 67.3 Å². The Balaban J connectivity index is 1.36. The Bertz CT molecular complexity index is 1150. The predicted octanol–water partition coefficient (Wildman–Crippen LogP) is 5.09. The lowest BCUT2D eigenvalue weighted by molar-refractivity contribution is 0.0600. The summed E-state index contributed by atoms with van der Waals surface area (Å²) in [6, 6.07) is 18.2. The van der Waals surface area contributed by atoms with Crippen molar-refractivity contribution in [2.45, 2.75) is 38.1 Å². The quantitative estimate of drug-likeness (QED) is 0.416. The molecule has 0 spiro atoms. The number of piperidine rings is 1. The number of methoxy groups -OCH3 is 1. The zero-order chi connectivity index (χ0) is 24.1. The van der Waals surface area contributed by atoms with Gasteiger partial charge in [-0.1, -0.05) is 48.9 Å². The minimum absolute atomic E-state index is 0.0359. The molecule has 1 saturated heterocycles. The van der Waals surface area contributed by atoms with Crippen molar-refractivity contribution in [1.29, 1.82) is 0 Å². The van der Waals surface area contributed by atoms with Gasteiger partial charge in [0.25, 0.3) is 5.56 Å². The van der Waals surface area contributed by atoms with Gasteiger partial charge in [-0.15, -0.1) is 0 Å². The molecule has 1 aliphatic heterocycles. The number of aromatic nitrogens is 2. The van der Waals surface area contributed by atoms with E-state index in [0.717, 1.165) is 44.5 Å². The number of nitrogens with one attached hydrogen (secondary N) is 1. The zero-order valence-corrected chi connectivity index (χ0v) is 21.4. The smallest absolute Gasteiger partial charge is 0.337 e. The van der Waals surface area contributed by atoms with Crippen LogP contribution in [0.25, 0.3) is 0 Å². The molecule has 0 aliphatic carbocycles. The summed E-state index contributed by atoms with van der Waals surface area (Å²) in [4.78, 5) is 26.4. The van der Waals surface area contributed by atoms with Crippen LogP contribution in [-0.4, -0.2) is 40.8 Å². The van der Waals surface area contributed by atoms with Crippen LogP contribution in [0.5, 0.6) is 0 Å². The van der Waals surface area contributed by atoms with E-state index in [2.05, 4.69) is 50.2 Å². The van der Waals surface area contributed by atoms with E-state index in [4.69, 9.17) is 4.74 Å². The normalized spacial score (nSPS) is 15.9. The fraction of sp³-hybridized carbons (Fsp3) is 0.407. The maximum atomic E-state index is 12.3. The number of aromatic amines is 1. The van der Waals surface area contributed by atoms with Gasteiger partial charge >= 0.3 is 5.97 Å². The molecule has 1 N–H and O–H groups in total. The largest absolute Gasteiger partial charge is 0.465 e. The van der Waals surface area contributed by atoms with Crippen LogP contribution >= 0.6 is 15.9 Å². The molecular formula is C27H32BrN3O3. The van der Waals surface area contributed by atoms with Crippen LogP contribution < -0.4 is 5.56 Å². The minimum Gasteiger partial charge on any atom is -0.465 e. The summed E-state index contributed by atoms with van der Waals surface area (Å²) in [6.45, 7) is 2.01. The lowest BCUT2D eigenvalue weighted by atomic mass is 9.89. The molecule has 3 aromatic rings. The highest BCUT2D eigenvalue weighted by Crippen LogP contribution is 2.35. The zero-order valence-electron chi connectivity index (χ0n) is 19.8. The van der Waals surface area contributed by atoms with E-state index in [1.54, 1.807) is 0 Å². The fourth-order valence-corrected chi connectivity index (χ4v) is 5.60. The molecule has 4 rings (SSSR count). The molecule has 0 saturated carbocycles. The first-order chi connectivity index (χ1) is 16.5. The molecule has 1 atom stereocenters. The van der Waals surface area contributed by atoms with Crippen molar-refractivity contribution in [1.82, 2.24) is 14.7 Å². The van der Waals surface area contributed by atoms with Crippen LogP contribution in [0.2, 0.25) is 0 Å². The van der Waals surface area contributed by atoms with Crippen molar-refractivity contribution >= 4 is 21.9 Å². The van der Waals surface area contributed by atoms with Gasteiger partial charge in [0.2, 0.25) is 0 Å². The lowest BCUT2D eigenvalue weighted by Gasteiger charge is -2.38. The first-order valence-corrected chi connectivity index (χ1v) is 12.7. The molecule has 2 aromatic carbocycles. The van der Waals surface area contributed by atoms with Crippen molar-refractivity contribution in [3.8, 4) is 0 Å². The highest BCUT2D eigenvalue weighted by atomic mass is 79.9. The van der Waals surface area contributed by atoms with E-state index < -0.39 is 0 Å². The first kappa shape index (κ1) is 24.5. The Morgan fingerprint density at radius 1 is 1.12 bits per heavy atom. The Kier molecular flexibility index (Phi) is 8.06. The van der Waals surface area contributed by atoms with Gasteiger partial charge in [0.1, 0.15) is 4.47 Å². The van der Waals surface area contributed by atoms with Crippen molar-refractivity contribution in [3.63, 3.8) is 0 Å². The molecule has 1 fully saturated rings. The summed E-state index contributed by atoms with van der Waals surface area (Å²) in [6.07, 6.45) is 5.67. The molecule has 1 aliphatic rings. The number of likely N-dealkylation sites (tertiary alicyclic amines) is 1. The predicted molar refractivity (Wildman–Crippen MR) is 137 cm³/mol. The molecule has 34 heavy (non-hydrogen) atoms. The van der Waals surface area contributed by atoms with Crippen molar-refractivity contribution < 1.29 is 9.53 Å². The Morgan fingerprint density at radius 2 is 1.79 bits per heavy atom. The number of esters is 1. The number of hydrogen-bond donors (Lipinski definition) is 1. The first-order valence-electron chi connectivity index (χ1n) is 11.9. The Labute approximate surface area is 209 Å². The minimum atomic E-state index is -0.293. The van der Waals surface area contributed by atoms with Crippen molar-refractivity contribution in [2.75, 3.05) is 20.2 Å². The van der Waals surface area contributed by atoms with Gasteiger partial charge < -0.3 is 4.74 Å². The summed E-state index contributed by atoms with van der Waals surface area (Å²) >= 11 is 3.53. The van der Waals surface area contributed by atoms with Gasteiger partial charge in [0, 0.05) is 7.05 Å². The molecule has 7 heteroatoms. The molecule has 1 unspecified atom stereocenters. The van der Waals surface area contributed by atoms with Gasteiger partial charge in [-0.2, -0.15) is 0 Å². The van der Waals surface area contributed by atoms with Gasteiger partial charge in [-0.3, -0.25) is 19.5 Å². The van der Waals surface area contributed by atoms with Gasteiger partial charge in [-0.25, -0.2) is 4.79 Å². The van der Waals surface area contributed by atoms with E-state index in [0.29, 0.717) is 16.0 Å². The molecule has 180 valence electrons. The number of nitrogens with zero attached hydrogens (tertiary/aromatic N) is 2. The maximum Gasteiger partial charge on any atom is 0.337 e. The molecule has 0 radical (unpaired) electrons. The Morgan fingerprint density at radius 3 is 2.38 bits per heavy atom. The fourth-order valence-electron chi connectivity index (χ4n) is 5.03. The maximum absolute atomic E-state index is 12.3. The molecule has 2 heterocycles. The van der Waals surface area contributed by atoms with Crippen LogP contribution in [0.15, 0.2) is 63.9 Å². The number of carbonyl (C=O) groups excluding carboxylic acids is 1. The SMILES string of the molecule is COC(=O)c1ccc(CCCC2CCN(C(c3ccccc3)c3c(Br)c(=O)[nH]n3C)CC2)cc1. The highest BCUT2D eigenvalue weighted by Gasteiger charge is 2.31. The van der Waals surface area contributed by atoms with Crippen LogP contribution in [0.1, 0.15) is 58.9 Å². The van der Waals surface area contributed by atoms with E-state index in [-0.39, 0.29) is 17.6 Å². The van der Waals surface area contributed by atoms with Gasteiger partial charge in [0.05, 0.1) is 24.4 Å². The second-order valence-corrected chi connectivity index (χ2v) is 9.87. The molecular weight excluding hydrogens is 494 g/mol. The summed E-state index contributed by atoms with van der Waals surface area (Å²) < 4.78 is 7.23. The van der Waals surface area contributed by atoms with Gasteiger partial charge in [-0.05, 0) is 83.9 Å². The highest BCUT2D eigenvalue weighted by molar-refractivity contribution is 9.10. The summed E-state index contributed by atoms with van der Waals surface area (Å²) in [5.74, 6) is 0.416. The van der Waals surface area contributed by atoms with E-state index in [1.165, 1.54) is 24.7 Å². The number of hydrogen-bond acceptors (Lipinski definition) is 4. The summed E-state index contributed by atoms with van der Waals surface area (Å²) in [5, 5.41) is 2.89. The van der Waals surface area contributed by atoms with E-state index in [9.17, 15) is 9.59 Å². The number of rotatable bonds is 8. The molecule has 0 bridgehead atoms. The number of ether oxygens (including phenoxy) is 1. The van der Waals surface area contributed by atoms with Crippen molar-refractivity contribution in [2.24, 2.45) is 13.0 Å².